The molecule has 1 rings (SSSR count). The highest BCUT2D eigenvalue weighted by Gasteiger charge is 2.22. The van der Waals surface area contributed by atoms with Crippen molar-refractivity contribution in [3.8, 4) is 0 Å². The highest BCUT2D eigenvalue weighted by Crippen LogP contribution is 2.33. The van der Waals surface area contributed by atoms with Gasteiger partial charge in [0.15, 0.2) is 5.78 Å². The third kappa shape index (κ3) is 3.39. The first-order valence-electron chi connectivity index (χ1n) is 7.54. The Hall–Kier alpha value is -1.37. The Morgan fingerprint density at radius 3 is 1.55 bits per heavy atom. The van der Waals surface area contributed by atoms with Gasteiger partial charge in [-0.1, -0.05) is 60.3 Å². The van der Waals surface area contributed by atoms with Crippen LogP contribution in [0.5, 0.6) is 0 Å². The molecule has 0 N–H and O–H groups in total. The summed E-state index contributed by atoms with van der Waals surface area (Å²) in [6, 6.07) is 4.41. The van der Waals surface area contributed by atoms with Crippen LogP contribution in [0.25, 0.3) is 0 Å². The van der Waals surface area contributed by atoms with E-state index < -0.39 is 0 Å². The third-order valence-electron chi connectivity index (χ3n) is 3.75. The number of hydrogen-bond acceptors (Lipinski definition) is 1. The number of hydrogen-bond donors (Lipinski definition) is 0. The maximum absolute atomic E-state index is 12.6. The van der Waals surface area contributed by atoms with Crippen LogP contribution in [-0.2, 0) is 0 Å². The maximum Gasteiger partial charge on any atom is 0.188 e. The molecule has 0 bridgehead atoms. The Morgan fingerprint density at radius 1 is 0.900 bits per heavy atom. The number of ketones is 1. The minimum atomic E-state index is 0.0905. The molecule has 1 nitrogen and oxygen atoms in total. The van der Waals surface area contributed by atoms with E-state index in [9.17, 15) is 4.79 Å². The summed E-state index contributed by atoms with van der Waals surface area (Å²) in [5.41, 5.74) is 5.13. The smallest absolute Gasteiger partial charge is 0.188 e. The quantitative estimate of drug-likeness (QED) is 0.488. The summed E-state index contributed by atoms with van der Waals surface area (Å²) in [5.74, 6) is 1.24. The van der Waals surface area contributed by atoms with Crippen molar-refractivity contribution in [3.05, 3.63) is 46.5 Å². The lowest BCUT2D eigenvalue weighted by atomic mass is 9.82. The normalized spacial score (nSPS) is 11.5. The Balaban J connectivity index is 3.68. The first-order valence-corrected chi connectivity index (χ1v) is 7.54. The van der Waals surface area contributed by atoms with Gasteiger partial charge < -0.3 is 0 Å². The van der Waals surface area contributed by atoms with E-state index in [2.05, 4.69) is 60.3 Å². The second-order valence-electron chi connectivity index (χ2n) is 6.65. The second-order valence-corrected chi connectivity index (χ2v) is 6.65. The van der Waals surface area contributed by atoms with Crippen molar-refractivity contribution in [2.45, 2.75) is 66.2 Å². The van der Waals surface area contributed by atoms with Crippen LogP contribution >= 0.6 is 0 Å². The van der Waals surface area contributed by atoms with Crippen molar-refractivity contribution in [3.63, 3.8) is 0 Å². The average Bonchev–Trinajstić information content (AvgIpc) is 2.35. The van der Waals surface area contributed by atoms with Gasteiger partial charge in [0.25, 0.3) is 0 Å². The van der Waals surface area contributed by atoms with E-state index in [-0.39, 0.29) is 5.78 Å². The number of benzene rings is 1. The zero-order valence-electron chi connectivity index (χ0n) is 14.0. The van der Waals surface area contributed by atoms with Gasteiger partial charge in [-0.2, -0.15) is 0 Å². The number of carbonyl (C=O) groups is 1. The molecule has 1 aromatic carbocycles. The molecule has 20 heavy (non-hydrogen) atoms. The van der Waals surface area contributed by atoms with Crippen molar-refractivity contribution >= 4 is 5.78 Å². The molecule has 1 aromatic rings. The van der Waals surface area contributed by atoms with Crippen LogP contribution in [0.15, 0.2) is 24.3 Å². The minimum absolute atomic E-state index is 0.0905. The number of Topliss-reactive ketones (excluding diaryl/α,β-unsaturated/α-hetero) is 1. The van der Waals surface area contributed by atoms with Crippen LogP contribution < -0.4 is 0 Å². The summed E-state index contributed by atoms with van der Waals surface area (Å²) in [7, 11) is 0. The molecule has 0 saturated carbocycles. The molecule has 0 saturated heterocycles. The molecule has 0 radical (unpaired) electrons. The monoisotopic (exact) mass is 272 g/mol. The SMILES string of the molecule is C=C(C)C(=O)c1c(C(C)C)cc(C(C)C)cc1C(C)C. The van der Waals surface area contributed by atoms with Crippen LogP contribution in [0, 0.1) is 0 Å². The molecule has 0 aliphatic rings. The molecule has 0 aliphatic heterocycles. The molecule has 0 aromatic heterocycles. The lowest BCUT2D eigenvalue weighted by Crippen LogP contribution is -2.12. The molecule has 0 atom stereocenters. The topological polar surface area (TPSA) is 17.1 Å². The average molecular weight is 272 g/mol. The van der Waals surface area contributed by atoms with Crippen LogP contribution in [0.2, 0.25) is 0 Å². The van der Waals surface area contributed by atoms with Gasteiger partial charge >= 0.3 is 0 Å². The lowest BCUT2D eigenvalue weighted by molar-refractivity contribution is 0.103. The fourth-order valence-electron chi connectivity index (χ4n) is 2.43. The van der Waals surface area contributed by atoms with Gasteiger partial charge in [-0.15, -0.1) is 0 Å². The fraction of sp³-hybridized carbons (Fsp3) is 0.526. The molecule has 0 aliphatic carbocycles. The highest BCUT2D eigenvalue weighted by atomic mass is 16.1. The molecule has 0 spiro atoms. The van der Waals surface area contributed by atoms with Crippen LogP contribution in [0.3, 0.4) is 0 Å². The predicted molar refractivity (Wildman–Crippen MR) is 87.9 cm³/mol. The van der Waals surface area contributed by atoms with Crippen molar-refractivity contribution in [2.24, 2.45) is 0 Å². The molecule has 0 heterocycles. The first kappa shape index (κ1) is 16.7. The number of carbonyl (C=O) groups excluding carboxylic acids is 1. The largest absolute Gasteiger partial charge is 0.289 e. The summed E-state index contributed by atoms with van der Waals surface area (Å²) >= 11 is 0. The Labute approximate surface area is 124 Å². The molecule has 0 amide bonds. The molecular formula is C19H28O. The van der Waals surface area contributed by atoms with Gasteiger partial charge in [-0.25, -0.2) is 0 Å². The van der Waals surface area contributed by atoms with Gasteiger partial charge in [0.1, 0.15) is 0 Å². The minimum Gasteiger partial charge on any atom is -0.289 e. The third-order valence-corrected chi connectivity index (χ3v) is 3.75. The molecule has 1 heteroatoms. The zero-order chi connectivity index (χ0) is 15.6. The molecule has 0 unspecified atom stereocenters. The summed E-state index contributed by atoms with van der Waals surface area (Å²) < 4.78 is 0. The fourth-order valence-corrected chi connectivity index (χ4v) is 2.43. The maximum atomic E-state index is 12.6. The van der Waals surface area contributed by atoms with Gasteiger partial charge in [0.2, 0.25) is 0 Å². The van der Waals surface area contributed by atoms with E-state index in [0.717, 1.165) is 16.7 Å². The highest BCUT2D eigenvalue weighted by molar-refractivity contribution is 6.10. The zero-order valence-corrected chi connectivity index (χ0v) is 14.0. The van der Waals surface area contributed by atoms with E-state index in [0.29, 0.717) is 23.3 Å². The van der Waals surface area contributed by atoms with E-state index in [4.69, 9.17) is 0 Å². The van der Waals surface area contributed by atoms with Gasteiger partial charge in [-0.3, -0.25) is 4.79 Å². The molecule has 110 valence electrons. The van der Waals surface area contributed by atoms with E-state index in [1.165, 1.54) is 5.56 Å². The Kier molecular flexibility index (Phi) is 5.33. The van der Waals surface area contributed by atoms with E-state index >= 15 is 0 Å². The number of allylic oxidation sites excluding steroid dienone is 1. The molecule has 0 fully saturated rings. The lowest BCUT2D eigenvalue weighted by Gasteiger charge is -2.22. The summed E-state index contributed by atoms with van der Waals surface area (Å²) in [4.78, 5) is 12.6. The van der Waals surface area contributed by atoms with Gasteiger partial charge in [-0.05, 0) is 46.9 Å². The van der Waals surface area contributed by atoms with Crippen LogP contribution in [0.4, 0.5) is 0 Å². The van der Waals surface area contributed by atoms with Crippen LogP contribution in [-0.4, -0.2) is 5.78 Å². The standard InChI is InChI=1S/C19H28O/c1-11(2)15-9-16(12(3)4)18(19(20)14(7)8)17(10-15)13(5)6/h9-13H,7H2,1-6,8H3. The predicted octanol–water partition coefficient (Wildman–Crippen LogP) is 5.82. The van der Waals surface area contributed by atoms with Crippen molar-refractivity contribution < 1.29 is 4.79 Å². The van der Waals surface area contributed by atoms with Gasteiger partial charge in [0, 0.05) is 5.56 Å². The summed E-state index contributed by atoms with van der Waals surface area (Å²) in [5, 5.41) is 0. The molecular weight excluding hydrogens is 244 g/mol. The van der Waals surface area contributed by atoms with Gasteiger partial charge in [0.05, 0.1) is 0 Å². The van der Waals surface area contributed by atoms with Crippen LogP contribution in [0.1, 0.15) is 93.3 Å². The number of rotatable bonds is 5. The van der Waals surface area contributed by atoms with Crippen molar-refractivity contribution in [1.82, 2.24) is 0 Å². The Morgan fingerprint density at radius 2 is 1.30 bits per heavy atom. The van der Waals surface area contributed by atoms with Crippen molar-refractivity contribution in [1.29, 1.82) is 0 Å². The second kappa shape index (κ2) is 6.39. The Bertz CT molecular complexity index is 490. The van der Waals surface area contributed by atoms with Crippen molar-refractivity contribution in [2.75, 3.05) is 0 Å². The van der Waals surface area contributed by atoms with E-state index in [1.54, 1.807) is 6.92 Å². The van der Waals surface area contributed by atoms with E-state index in [1.807, 2.05) is 0 Å². The summed E-state index contributed by atoms with van der Waals surface area (Å²) in [6.45, 7) is 18.6. The summed E-state index contributed by atoms with van der Waals surface area (Å²) in [6.07, 6.45) is 0. The first-order chi connectivity index (χ1) is 9.16.